The van der Waals surface area contributed by atoms with Crippen molar-refractivity contribution in [1.82, 2.24) is 0 Å². The van der Waals surface area contributed by atoms with Gasteiger partial charge in [0.05, 0.1) is 12.2 Å². The Kier molecular flexibility index (Phi) is 8.16. The van der Waals surface area contributed by atoms with Gasteiger partial charge in [-0.25, -0.2) is 0 Å². The van der Waals surface area contributed by atoms with Crippen LogP contribution in [0.25, 0.3) is 0 Å². The molecule has 0 aliphatic carbocycles. The first-order chi connectivity index (χ1) is 13.4. The monoisotopic (exact) mass is 406 g/mol. The van der Waals surface area contributed by atoms with Gasteiger partial charge in [0.15, 0.2) is 23.0 Å². The van der Waals surface area contributed by atoms with Gasteiger partial charge in [0.25, 0.3) is 0 Å². The van der Waals surface area contributed by atoms with Gasteiger partial charge >= 0.3 is 9.05 Å². The second-order valence-corrected chi connectivity index (χ2v) is 8.36. The van der Waals surface area contributed by atoms with Gasteiger partial charge in [0.2, 0.25) is 0 Å². The van der Waals surface area contributed by atoms with Crippen LogP contribution in [-0.2, 0) is 4.43 Å². The van der Waals surface area contributed by atoms with E-state index in [9.17, 15) is 4.80 Å². The minimum absolute atomic E-state index is 0.00707. The molecular formula is C21H30O6Si. The maximum Gasteiger partial charge on any atom is 0.818 e. The molecule has 0 amide bonds. The minimum atomic E-state index is -4.05. The van der Waals surface area contributed by atoms with E-state index in [0.717, 1.165) is 12.8 Å². The fourth-order valence-electron chi connectivity index (χ4n) is 2.25. The standard InChI is InChI=1S/C21H30O6Si/c1-6-16(3)24-18-12-8-10-14-20(18)26-28(22,23-5)27-21-15-11-9-13-19(21)25-17(4)7-2/h8-17,22H,6-7H2,1-5H3. The van der Waals surface area contributed by atoms with Gasteiger partial charge in [-0.05, 0) is 51.0 Å². The average molecular weight is 407 g/mol. The summed E-state index contributed by atoms with van der Waals surface area (Å²) in [4.78, 5) is 10.9. The third-order valence-electron chi connectivity index (χ3n) is 4.24. The van der Waals surface area contributed by atoms with E-state index in [4.69, 9.17) is 22.8 Å². The maximum atomic E-state index is 10.9. The number of hydrogen-bond donors (Lipinski definition) is 1. The Morgan fingerprint density at radius 1 is 0.750 bits per heavy atom. The highest BCUT2D eigenvalue weighted by atomic mass is 28.4. The molecule has 6 nitrogen and oxygen atoms in total. The van der Waals surface area contributed by atoms with E-state index >= 15 is 0 Å². The Morgan fingerprint density at radius 3 is 1.43 bits per heavy atom. The predicted octanol–water partition coefficient (Wildman–Crippen LogP) is 4.57. The Morgan fingerprint density at radius 2 is 1.11 bits per heavy atom. The van der Waals surface area contributed by atoms with Crippen molar-refractivity contribution in [2.24, 2.45) is 0 Å². The first-order valence-corrected chi connectivity index (χ1v) is 11.2. The maximum absolute atomic E-state index is 10.9. The summed E-state index contributed by atoms with van der Waals surface area (Å²) < 4.78 is 28.6. The zero-order valence-corrected chi connectivity index (χ0v) is 18.2. The van der Waals surface area contributed by atoms with Crippen LogP contribution in [0.1, 0.15) is 40.5 Å². The molecule has 0 fully saturated rings. The molecule has 0 saturated heterocycles. The summed E-state index contributed by atoms with van der Waals surface area (Å²) in [5.74, 6) is 1.76. The lowest BCUT2D eigenvalue weighted by Crippen LogP contribution is -2.51. The van der Waals surface area contributed by atoms with E-state index in [0.29, 0.717) is 23.0 Å². The molecule has 2 rings (SSSR count). The third-order valence-corrected chi connectivity index (χ3v) is 5.71. The van der Waals surface area contributed by atoms with Crippen LogP contribution in [-0.4, -0.2) is 33.2 Å². The lowest BCUT2D eigenvalue weighted by Gasteiger charge is -2.25. The van der Waals surface area contributed by atoms with E-state index in [1.807, 2.05) is 39.8 Å². The number of hydrogen-bond acceptors (Lipinski definition) is 6. The van der Waals surface area contributed by atoms with E-state index in [-0.39, 0.29) is 12.2 Å². The van der Waals surface area contributed by atoms with Crippen LogP contribution in [0.4, 0.5) is 0 Å². The molecule has 2 atom stereocenters. The Bertz CT molecular complexity index is 681. The minimum Gasteiger partial charge on any atom is -0.487 e. The van der Waals surface area contributed by atoms with Gasteiger partial charge in [0, 0.05) is 7.11 Å². The molecule has 0 aliphatic rings. The fraction of sp³-hybridized carbons (Fsp3) is 0.429. The fourth-order valence-corrected chi connectivity index (χ4v) is 3.35. The van der Waals surface area contributed by atoms with Crippen molar-refractivity contribution in [2.45, 2.75) is 52.7 Å². The number of para-hydroxylation sites is 4. The molecule has 0 bridgehead atoms. The molecule has 0 radical (unpaired) electrons. The highest BCUT2D eigenvalue weighted by Gasteiger charge is 2.47. The van der Waals surface area contributed by atoms with Crippen molar-refractivity contribution >= 4 is 9.05 Å². The van der Waals surface area contributed by atoms with E-state index in [2.05, 4.69) is 0 Å². The smallest absolute Gasteiger partial charge is 0.487 e. The van der Waals surface area contributed by atoms with Crippen molar-refractivity contribution in [3.05, 3.63) is 48.5 Å². The SMILES string of the molecule is CCC(C)Oc1ccccc1O[Si](O)(OC)Oc1ccccc1OC(C)CC. The second kappa shape index (κ2) is 10.4. The molecule has 0 spiro atoms. The Balaban J connectivity index is 2.23. The van der Waals surface area contributed by atoms with Crippen LogP contribution < -0.4 is 18.3 Å². The van der Waals surface area contributed by atoms with Gasteiger partial charge in [-0.3, -0.25) is 0 Å². The van der Waals surface area contributed by atoms with Gasteiger partial charge in [0.1, 0.15) is 0 Å². The van der Waals surface area contributed by atoms with Crippen LogP contribution >= 0.6 is 0 Å². The molecule has 0 aliphatic heterocycles. The molecule has 154 valence electrons. The molecule has 0 saturated carbocycles. The zero-order valence-electron chi connectivity index (χ0n) is 17.2. The predicted molar refractivity (Wildman–Crippen MR) is 110 cm³/mol. The van der Waals surface area contributed by atoms with Crippen LogP contribution in [0.5, 0.6) is 23.0 Å². The number of benzene rings is 2. The van der Waals surface area contributed by atoms with Crippen molar-refractivity contribution in [1.29, 1.82) is 0 Å². The van der Waals surface area contributed by atoms with Crippen molar-refractivity contribution < 1.29 is 27.5 Å². The normalized spacial score (nSPS) is 15.2. The van der Waals surface area contributed by atoms with E-state index < -0.39 is 9.05 Å². The molecule has 2 aromatic carbocycles. The molecule has 0 aromatic heterocycles. The highest BCUT2D eigenvalue weighted by Crippen LogP contribution is 2.33. The zero-order chi connectivity index (χ0) is 20.6. The lowest BCUT2D eigenvalue weighted by molar-refractivity contribution is 0.101. The Hall–Kier alpha value is -2.22. The molecular weight excluding hydrogens is 376 g/mol. The highest BCUT2D eigenvalue weighted by molar-refractivity contribution is 6.53. The van der Waals surface area contributed by atoms with Crippen LogP contribution in [0.15, 0.2) is 48.5 Å². The number of ether oxygens (including phenoxy) is 2. The van der Waals surface area contributed by atoms with Crippen LogP contribution in [0.2, 0.25) is 0 Å². The first kappa shape index (κ1) is 22.1. The average Bonchev–Trinajstić information content (AvgIpc) is 2.70. The van der Waals surface area contributed by atoms with Crippen LogP contribution in [0, 0.1) is 0 Å². The summed E-state index contributed by atoms with van der Waals surface area (Å²) in [6, 6.07) is 14.3. The van der Waals surface area contributed by atoms with Gasteiger partial charge in [-0.2, -0.15) is 0 Å². The summed E-state index contributed by atoms with van der Waals surface area (Å²) in [6.45, 7) is 8.00. The Labute approximate surface area is 168 Å². The summed E-state index contributed by atoms with van der Waals surface area (Å²) in [7, 11) is -2.70. The van der Waals surface area contributed by atoms with Gasteiger partial charge < -0.3 is 27.5 Å². The molecule has 2 aromatic rings. The van der Waals surface area contributed by atoms with E-state index in [1.165, 1.54) is 7.11 Å². The summed E-state index contributed by atoms with van der Waals surface area (Å²) in [5.41, 5.74) is 0. The molecule has 2 unspecified atom stereocenters. The van der Waals surface area contributed by atoms with E-state index in [1.54, 1.807) is 36.4 Å². The van der Waals surface area contributed by atoms with Gasteiger partial charge in [-0.1, -0.05) is 38.1 Å². The first-order valence-electron chi connectivity index (χ1n) is 9.57. The quantitative estimate of drug-likeness (QED) is 0.551. The lowest BCUT2D eigenvalue weighted by atomic mass is 10.3. The summed E-state index contributed by atoms with van der Waals surface area (Å²) >= 11 is 0. The van der Waals surface area contributed by atoms with Crippen LogP contribution in [0.3, 0.4) is 0 Å². The molecule has 28 heavy (non-hydrogen) atoms. The molecule has 1 N–H and O–H groups in total. The molecule has 0 heterocycles. The summed E-state index contributed by atoms with van der Waals surface area (Å²) in [5, 5.41) is 0. The van der Waals surface area contributed by atoms with Crippen molar-refractivity contribution in [3.8, 4) is 23.0 Å². The topological polar surface area (TPSA) is 66.4 Å². The van der Waals surface area contributed by atoms with Crippen molar-refractivity contribution in [3.63, 3.8) is 0 Å². The van der Waals surface area contributed by atoms with Gasteiger partial charge in [-0.15, -0.1) is 0 Å². The molecule has 7 heteroatoms. The number of rotatable bonds is 11. The second-order valence-electron chi connectivity index (χ2n) is 6.50. The largest absolute Gasteiger partial charge is 0.818 e. The van der Waals surface area contributed by atoms with Crippen molar-refractivity contribution in [2.75, 3.05) is 7.11 Å². The summed E-state index contributed by atoms with van der Waals surface area (Å²) in [6.07, 6.45) is 1.70. The third kappa shape index (κ3) is 6.15.